The molecular weight excluding hydrogens is 356 g/mol. The molecule has 0 unspecified atom stereocenters. The predicted molar refractivity (Wildman–Crippen MR) is 103 cm³/mol. The van der Waals surface area contributed by atoms with Gasteiger partial charge < -0.3 is 5.32 Å². The van der Waals surface area contributed by atoms with Crippen molar-refractivity contribution in [1.29, 1.82) is 0 Å². The third kappa shape index (κ3) is 4.09. The van der Waals surface area contributed by atoms with E-state index in [9.17, 15) is 4.79 Å². The van der Waals surface area contributed by atoms with Gasteiger partial charge in [-0.15, -0.1) is 10.2 Å². The molecule has 0 aliphatic carbocycles. The molecule has 0 atom stereocenters. The van der Waals surface area contributed by atoms with Gasteiger partial charge in [0.25, 0.3) is 5.91 Å². The molecule has 0 aromatic carbocycles. The molecule has 1 N–H and O–H groups in total. The zero-order valence-corrected chi connectivity index (χ0v) is 16.1. The van der Waals surface area contributed by atoms with Crippen LogP contribution >= 0.6 is 0 Å². The maximum absolute atomic E-state index is 12.5. The highest BCUT2D eigenvalue weighted by Crippen LogP contribution is 2.15. The molecule has 1 aliphatic rings. The maximum Gasteiger partial charge on any atom is 0.270 e. The van der Waals surface area contributed by atoms with Crippen LogP contribution in [0.2, 0.25) is 0 Å². The van der Waals surface area contributed by atoms with Crippen LogP contribution < -0.4 is 5.32 Å². The maximum atomic E-state index is 12.5. The van der Waals surface area contributed by atoms with E-state index in [0.717, 1.165) is 31.9 Å². The molecule has 0 saturated carbocycles. The number of carbonyl (C=O) groups excluding carboxylic acids is 1. The zero-order valence-electron chi connectivity index (χ0n) is 16.1. The second-order valence-corrected chi connectivity index (χ2v) is 7.41. The summed E-state index contributed by atoms with van der Waals surface area (Å²) >= 11 is 0. The molecule has 0 spiro atoms. The van der Waals surface area contributed by atoms with Gasteiger partial charge in [0.15, 0.2) is 0 Å². The van der Waals surface area contributed by atoms with Gasteiger partial charge in [-0.25, -0.2) is 4.98 Å². The summed E-state index contributed by atoms with van der Waals surface area (Å²) in [5.74, 6) is 1.01. The normalized spacial score (nSPS) is 14.2. The van der Waals surface area contributed by atoms with E-state index in [1.54, 1.807) is 35.4 Å². The smallest absolute Gasteiger partial charge is 0.270 e. The second kappa shape index (κ2) is 7.89. The lowest BCUT2D eigenvalue weighted by atomic mass is 10.2. The molecule has 0 fully saturated rings. The molecule has 9 heteroatoms. The zero-order chi connectivity index (χ0) is 19.5. The van der Waals surface area contributed by atoms with Crippen LogP contribution in [-0.4, -0.2) is 53.4 Å². The van der Waals surface area contributed by atoms with Crippen molar-refractivity contribution in [2.75, 3.05) is 13.1 Å². The Morgan fingerprint density at radius 3 is 2.82 bits per heavy atom. The first kappa shape index (κ1) is 18.3. The van der Waals surface area contributed by atoms with Crippen molar-refractivity contribution in [2.24, 2.45) is 5.92 Å². The minimum absolute atomic E-state index is 0.234. The van der Waals surface area contributed by atoms with Crippen LogP contribution in [-0.2, 0) is 19.6 Å². The van der Waals surface area contributed by atoms with Crippen molar-refractivity contribution in [2.45, 2.75) is 33.5 Å². The van der Waals surface area contributed by atoms with Crippen LogP contribution in [0, 0.1) is 5.92 Å². The third-order valence-electron chi connectivity index (χ3n) is 4.63. The molecule has 4 rings (SSSR count). The summed E-state index contributed by atoms with van der Waals surface area (Å²) in [7, 11) is 0. The third-order valence-corrected chi connectivity index (χ3v) is 4.63. The molecule has 3 aromatic rings. The van der Waals surface area contributed by atoms with E-state index >= 15 is 0 Å². The Morgan fingerprint density at radius 2 is 2.04 bits per heavy atom. The molecular formula is C19H24N8O. The SMILES string of the molecule is CC(C)CN1CCn2nc(CNC(=O)c3cccc(-n4cnnc4)n3)cc2C1. The van der Waals surface area contributed by atoms with Crippen LogP contribution in [0.3, 0.4) is 0 Å². The van der Waals surface area contributed by atoms with E-state index < -0.39 is 0 Å². The summed E-state index contributed by atoms with van der Waals surface area (Å²) in [6, 6.07) is 7.35. The number of hydrogen-bond acceptors (Lipinski definition) is 6. The van der Waals surface area contributed by atoms with E-state index in [1.165, 1.54) is 5.69 Å². The van der Waals surface area contributed by atoms with Gasteiger partial charge in [0, 0.05) is 19.6 Å². The molecule has 0 radical (unpaired) electrons. The fourth-order valence-electron chi connectivity index (χ4n) is 3.41. The predicted octanol–water partition coefficient (Wildman–Crippen LogP) is 1.26. The lowest BCUT2D eigenvalue weighted by Gasteiger charge is -2.28. The standard InChI is InChI=1S/C19H24N8O/c1-14(2)10-25-6-7-27-16(11-25)8-15(24-27)9-20-19(28)17-4-3-5-18(23-17)26-12-21-22-13-26/h3-5,8,12-14H,6-7,9-11H2,1-2H3,(H,20,28). The highest BCUT2D eigenvalue weighted by atomic mass is 16.1. The van der Waals surface area contributed by atoms with Crippen molar-refractivity contribution >= 4 is 5.91 Å². The number of fused-ring (bicyclic) bond motifs is 1. The number of rotatable bonds is 6. The number of aromatic nitrogens is 6. The van der Waals surface area contributed by atoms with Gasteiger partial charge in [0.2, 0.25) is 0 Å². The van der Waals surface area contributed by atoms with Gasteiger partial charge >= 0.3 is 0 Å². The van der Waals surface area contributed by atoms with Crippen LogP contribution in [0.15, 0.2) is 36.9 Å². The molecule has 9 nitrogen and oxygen atoms in total. The average Bonchev–Trinajstić information content (AvgIpc) is 3.35. The average molecular weight is 380 g/mol. The fraction of sp³-hybridized carbons (Fsp3) is 0.421. The molecule has 1 amide bonds. The molecule has 146 valence electrons. The number of carbonyl (C=O) groups is 1. The minimum Gasteiger partial charge on any atom is -0.345 e. The van der Waals surface area contributed by atoms with E-state index in [1.807, 2.05) is 4.68 Å². The Bertz CT molecular complexity index is 947. The number of hydrogen-bond donors (Lipinski definition) is 1. The summed E-state index contributed by atoms with van der Waals surface area (Å²) < 4.78 is 3.70. The van der Waals surface area contributed by atoms with Crippen LogP contribution in [0.25, 0.3) is 5.82 Å². The Hall–Kier alpha value is -3.07. The van der Waals surface area contributed by atoms with E-state index in [-0.39, 0.29) is 5.91 Å². The van der Waals surface area contributed by atoms with Crippen molar-refractivity contribution in [3.05, 3.63) is 54.0 Å². The number of amides is 1. The monoisotopic (exact) mass is 380 g/mol. The fourth-order valence-corrected chi connectivity index (χ4v) is 3.41. The van der Waals surface area contributed by atoms with Crippen LogP contribution in [0.1, 0.15) is 35.7 Å². The van der Waals surface area contributed by atoms with Crippen molar-refractivity contribution in [3.63, 3.8) is 0 Å². The molecule has 3 aromatic heterocycles. The number of nitrogens with zero attached hydrogens (tertiary/aromatic N) is 7. The summed E-state index contributed by atoms with van der Waals surface area (Å²) in [5, 5.41) is 15.1. The largest absolute Gasteiger partial charge is 0.345 e. The van der Waals surface area contributed by atoms with Gasteiger partial charge in [-0.2, -0.15) is 5.10 Å². The first-order valence-corrected chi connectivity index (χ1v) is 9.46. The topological polar surface area (TPSA) is 93.8 Å². The Kier molecular flexibility index (Phi) is 5.16. The second-order valence-electron chi connectivity index (χ2n) is 7.41. The molecule has 28 heavy (non-hydrogen) atoms. The van der Waals surface area contributed by atoms with E-state index in [4.69, 9.17) is 0 Å². The summed E-state index contributed by atoms with van der Waals surface area (Å²) in [6.07, 6.45) is 3.09. The first-order valence-electron chi connectivity index (χ1n) is 9.46. The quantitative estimate of drug-likeness (QED) is 0.692. The number of nitrogens with one attached hydrogen (secondary N) is 1. The van der Waals surface area contributed by atoms with Gasteiger partial charge in [0.05, 0.1) is 24.5 Å². The molecule has 4 heterocycles. The number of pyridine rings is 1. The highest BCUT2D eigenvalue weighted by Gasteiger charge is 2.19. The van der Waals surface area contributed by atoms with Crippen LogP contribution in [0.5, 0.6) is 0 Å². The van der Waals surface area contributed by atoms with E-state index in [0.29, 0.717) is 24.0 Å². The lowest BCUT2D eigenvalue weighted by Crippen LogP contribution is -2.36. The van der Waals surface area contributed by atoms with Crippen molar-refractivity contribution in [1.82, 2.24) is 39.7 Å². The Labute approximate surface area is 163 Å². The van der Waals surface area contributed by atoms with Gasteiger partial charge in [-0.3, -0.25) is 18.9 Å². The Balaban J connectivity index is 1.38. The van der Waals surface area contributed by atoms with Crippen LogP contribution in [0.4, 0.5) is 0 Å². The summed E-state index contributed by atoms with van der Waals surface area (Å²) in [6.45, 7) is 8.74. The van der Waals surface area contributed by atoms with Gasteiger partial charge in [-0.05, 0) is 24.1 Å². The van der Waals surface area contributed by atoms with Gasteiger partial charge in [0.1, 0.15) is 24.2 Å². The summed E-state index contributed by atoms with van der Waals surface area (Å²) in [5.41, 5.74) is 2.41. The molecule has 0 bridgehead atoms. The lowest BCUT2D eigenvalue weighted by molar-refractivity contribution is 0.0945. The van der Waals surface area contributed by atoms with E-state index in [2.05, 4.69) is 50.4 Å². The molecule has 0 saturated heterocycles. The van der Waals surface area contributed by atoms with Crippen molar-refractivity contribution in [3.8, 4) is 5.82 Å². The Morgan fingerprint density at radius 1 is 1.21 bits per heavy atom. The highest BCUT2D eigenvalue weighted by molar-refractivity contribution is 5.92. The summed E-state index contributed by atoms with van der Waals surface area (Å²) in [4.78, 5) is 19.3. The first-order chi connectivity index (χ1) is 13.6. The minimum atomic E-state index is -0.234. The molecule has 1 aliphatic heterocycles. The van der Waals surface area contributed by atoms with Gasteiger partial charge in [-0.1, -0.05) is 19.9 Å². The van der Waals surface area contributed by atoms with Crippen molar-refractivity contribution < 1.29 is 4.79 Å².